The normalized spacial score (nSPS) is 30.4. The van der Waals surface area contributed by atoms with Crippen LogP contribution in [-0.2, 0) is 10.0 Å². The Hall–Kier alpha value is -0.390. The number of rotatable bonds is 3. The predicted octanol–water partition coefficient (Wildman–Crippen LogP) is 2.85. The average Bonchev–Trinajstić information content (AvgIpc) is 2.78. The van der Waals surface area contributed by atoms with Crippen molar-refractivity contribution >= 4 is 21.4 Å². The van der Waals surface area contributed by atoms with Crippen LogP contribution in [0.2, 0.25) is 0 Å². The van der Waals surface area contributed by atoms with Gasteiger partial charge in [0.25, 0.3) is 0 Å². The zero-order chi connectivity index (χ0) is 12.5. The SMILES string of the molecule is C[C@@H]1[C@@H](C)CCC[C@H]1NS(=O)(=O)c1cccs1. The molecule has 1 fully saturated rings. The number of hydrogen-bond acceptors (Lipinski definition) is 3. The van der Waals surface area contributed by atoms with Crippen LogP contribution >= 0.6 is 11.3 Å². The third-order valence-electron chi connectivity index (χ3n) is 3.77. The molecule has 0 aliphatic heterocycles. The van der Waals surface area contributed by atoms with Gasteiger partial charge in [0.05, 0.1) is 0 Å². The molecule has 0 saturated heterocycles. The molecule has 17 heavy (non-hydrogen) atoms. The van der Waals surface area contributed by atoms with Gasteiger partial charge in [0.2, 0.25) is 10.0 Å². The molecule has 1 aromatic rings. The van der Waals surface area contributed by atoms with Crippen LogP contribution in [0.25, 0.3) is 0 Å². The molecule has 1 saturated carbocycles. The molecule has 2 rings (SSSR count). The van der Waals surface area contributed by atoms with Crippen molar-refractivity contribution in [1.82, 2.24) is 4.72 Å². The van der Waals surface area contributed by atoms with Crippen molar-refractivity contribution in [2.24, 2.45) is 11.8 Å². The molecule has 3 atom stereocenters. The third kappa shape index (κ3) is 2.89. The first-order chi connectivity index (χ1) is 8.00. The van der Waals surface area contributed by atoms with Gasteiger partial charge >= 0.3 is 0 Å². The van der Waals surface area contributed by atoms with Gasteiger partial charge in [-0.15, -0.1) is 11.3 Å². The highest BCUT2D eigenvalue weighted by Gasteiger charge is 2.30. The number of hydrogen-bond donors (Lipinski definition) is 1. The molecular weight excluding hydrogens is 254 g/mol. The Kier molecular flexibility index (Phi) is 3.90. The van der Waals surface area contributed by atoms with Crippen molar-refractivity contribution in [3.8, 4) is 0 Å². The van der Waals surface area contributed by atoms with Crippen LogP contribution in [-0.4, -0.2) is 14.5 Å². The van der Waals surface area contributed by atoms with Gasteiger partial charge in [-0.2, -0.15) is 0 Å². The molecule has 1 N–H and O–H groups in total. The van der Waals surface area contributed by atoms with Crippen molar-refractivity contribution in [3.63, 3.8) is 0 Å². The maximum atomic E-state index is 12.1. The van der Waals surface area contributed by atoms with E-state index in [-0.39, 0.29) is 6.04 Å². The van der Waals surface area contributed by atoms with Gasteiger partial charge in [0, 0.05) is 6.04 Å². The van der Waals surface area contributed by atoms with Crippen LogP contribution in [0.1, 0.15) is 33.1 Å². The van der Waals surface area contributed by atoms with Gasteiger partial charge in [-0.3, -0.25) is 0 Å². The Bertz CT molecular complexity index is 453. The lowest BCUT2D eigenvalue weighted by molar-refractivity contribution is 0.227. The van der Waals surface area contributed by atoms with Gasteiger partial charge in [0.1, 0.15) is 4.21 Å². The minimum atomic E-state index is -3.30. The maximum Gasteiger partial charge on any atom is 0.250 e. The lowest BCUT2D eigenvalue weighted by Gasteiger charge is -2.34. The first-order valence-electron chi connectivity index (χ1n) is 6.06. The zero-order valence-electron chi connectivity index (χ0n) is 10.2. The number of thiophene rings is 1. The highest BCUT2D eigenvalue weighted by Crippen LogP contribution is 2.30. The molecule has 1 heterocycles. The van der Waals surface area contributed by atoms with Crippen molar-refractivity contribution in [2.75, 3.05) is 0 Å². The fourth-order valence-electron chi connectivity index (χ4n) is 2.42. The smallest absolute Gasteiger partial charge is 0.207 e. The van der Waals surface area contributed by atoms with E-state index < -0.39 is 10.0 Å². The standard InChI is InChI=1S/C12H19NO2S2/c1-9-5-3-6-11(10(9)2)13-17(14,15)12-7-4-8-16-12/h4,7-11,13H,3,5-6H2,1-2H3/t9-,10+,11+/m0/s1. The molecule has 0 bridgehead atoms. The quantitative estimate of drug-likeness (QED) is 0.920. The monoisotopic (exact) mass is 273 g/mol. The van der Waals surface area contributed by atoms with E-state index in [1.54, 1.807) is 17.5 Å². The summed E-state index contributed by atoms with van der Waals surface area (Å²) in [5.74, 6) is 1.01. The van der Waals surface area contributed by atoms with E-state index in [1.807, 2.05) is 0 Å². The highest BCUT2D eigenvalue weighted by molar-refractivity contribution is 7.91. The van der Waals surface area contributed by atoms with E-state index in [9.17, 15) is 8.42 Å². The van der Waals surface area contributed by atoms with Crippen LogP contribution in [0.4, 0.5) is 0 Å². The van der Waals surface area contributed by atoms with E-state index >= 15 is 0 Å². The topological polar surface area (TPSA) is 46.2 Å². The largest absolute Gasteiger partial charge is 0.250 e. The second-order valence-electron chi connectivity index (χ2n) is 4.93. The fourth-order valence-corrected chi connectivity index (χ4v) is 4.79. The molecule has 3 nitrogen and oxygen atoms in total. The molecule has 0 spiro atoms. The van der Waals surface area contributed by atoms with Gasteiger partial charge in [0.15, 0.2) is 0 Å². The molecule has 0 unspecified atom stereocenters. The van der Waals surface area contributed by atoms with E-state index in [4.69, 9.17) is 0 Å². The zero-order valence-corrected chi connectivity index (χ0v) is 11.9. The molecule has 1 aromatic heterocycles. The van der Waals surface area contributed by atoms with E-state index in [2.05, 4.69) is 18.6 Å². The summed E-state index contributed by atoms with van der Waals surface area (Å²) in [6.07, 6.45) is 3.28. The molecule has 0 amide bonds. The average molecular weight is 273 g/mol. The minimum Gasteiger partial charge on any atom is -0.207 e. The molecule has 96 valence electrons. The maximum absolute atomic E-state index is 12.1. The Morgan fingerprint density at radius 1 is 1.35 bits per heavy atom. The Morgan fingerprint density at radius 3 is 2.76 bits per heavy atom. The van der Waals surface area contributed by atoms with Crippen molar-refractivity contribution in [2.45, 2.75) is 43.4 Å². The lowest BCUT2D eigenvalue weighted by atomic mass is 9.78. The summed E-state index contributed by atoms with van der Waals surface area (Å²) in [6, 6.07) is 3.52. The molecule has 5 heteroatoms. The van der Waals surface area contributed by atoms with E-state index in [0.717, 1.165) is 12.8 Å². The van der Waals surface area contributed by atoms with Crippen LogP contribution in [0.15, 0.2) is 21.7 Å². The fraction of sp³-hybridized carbons (Fsp3) is 0.667. The number of nitrogens with one attached hydrogen (secondary N) is 1. The van der Waals surface area contributed by atoms with Crippen molar-refractivity contribution in [3.05, 3.63) is 17.5 Å². The Labute approximate surface area is 107 Å². The van der Waals surface area contributed by atoms with Crippen LogP contribution in [0, 0.1) is 11.8 Å². The Balaban J connectivity index is 2.11. The summed E-state index contributed by atoms with van der Waals surface area (Å²) >= 11 is 1.27. The summed E-state index contributed by atoms with van der Waals surface area (Å²) in [7, 11) is -3.30. The van der Waals surface area contributed by atoms with Crippen LogP contribution in [0.5, 0.6) is 0 Å². The van der Waals surface area contributed by atoms with E-state index in [0.29, 0.717) is 16.0 Å². The predicted molar refractivity (Wildman–Crippen MR) is 70.6 cm³/mol. The van der Waals surface area contributed by atoms with Gasteiger partial charge in [-0.1, -0.05) is 32.8 Å². The molecule has 0 radical (unpaired) electrons. The lowest BCUT2D eigenvalue weighted by Crippen LogP contribution is -2.43. The summed E-state index contributed by atoms with van der Waals surface area (Å²) in [5.41, 5.74) is 0. The molecule has 1 aliphatic rings. The molecular formula is C12H19NO2S2. The summed E-state index contributed by atoms with van der Waals surface area (Å²) in [4.78, 5) is 0. The minimum absolute atomic E-state index is 0.0887. The van der Waals surface area contributed by atoms with Gasteiger partial charge < -0.3 is 0 Å². The van der Waals surface area contributed by atoms with Crippen molar-refractivity contribution < 1.29 is 8.42 Å². The molecule has 1 aliphatic carbocycles. The van der Waals surface area contributed by atoms with Gasteiger partial charge in [-0.05, 0) is 29.7 Å². The van der Waals surface area contributed by atoms with Crippen molar-refractivity contribution in [1.29, 1.82) is 0 Å². The summed E-state index contributed by atoms with van der Waals surface area (Å²) in [6.45, 7) is 4.35. The highest BCUT2D eigenvalue weighted by atomic mass is 32.2. The second kappa shape index (κ2) is 5.08. The second-order valence-corrected chi connectivity index (χ2v) is 7.82. The summed E-state index contributed by atoms with van der Waals surface area (Å²) < 4.78 is 27.5. The van der Waals surface area contributed by atoms with E-state index in [1.165, 1.54) is 17.8 Å². The molecule has 0 aromatic carbocycles. The van der Waals surface area contributed by atoms with Gasteiger partial charge in [-0.25, -0.2) is 13.1 Å². The first-order valence-corrected chi connectivity index (χ1v) is 8.43. The van der Waals surface area contributed by atoms with Crippen LogP contribution in [0.3, 0.4) is 0 Å². The third-order valence-corrected chi connectivity index (χ3v) is 6.66. The Morgan fingerprint density at radius 2 is 2.12 bits per heavy atom. The van der Waals surface area contributed by atoms with Crippen LogP contribution < -0.4 is 4.72 Å². The summed E-state index contributed by atoms with van der Waals surface area (Å²) in [5, 5.41) is 1.79. The number of sulfonamides is 1. The first kappa shape index (κ1) is 13.1.